The predicted molar refractivity (Wildman–Crippen MR) is 86.9 cm³/mol. The van der Waals surface area contributed by atoms with Gasteiger partial charge in [-0.3, -0.25) is 9.59 Å². The Labute approximate surface area is 132 Å². The Balaban J connectivity index is 2.20. The predicted octanol–water partition coefficient (Wildman–Crippen LogP) is 2.33. The largest absolute Gasteiger partial charge is 0.496 e. The molecule has 0 saturated carbocycles. The molecular weight excluding hydrogens is 294 g/mol. The van der Waals surface area contributed by atoms with E-state index in [1.807, 2.05) is 18.2 Å². The monoisotopic (exact) mass is 309 g/mol. The summed E-state index contributed by atoms with van der Waals surface area (Å²) < 4.78 is 6.54. The van der Waals surface area contributed by atoms with E-state index in [4.69, 9.17) is 4.74 Å². The quantitative estimate of drug-likeness (QED) is 0.694. The van der Waals surface area contributed by atoms with Crippen LogP contribution < -0.4 is 9.64 Å². The lowest BCUT2D eigenvalue weighted by molar-refractivity contribution is -0.107. The third kappa shape index (κ3) is 2.44. The number of carbonyl (C=O) groups is 2. The van der Waals surface area contributed by atoms with Crippen molar-refractivity contribution >= 4 is 29.0 Å². The summed E-state index contributed by atoms with van der Waals surface area (Å²) in [5.74, 6) is 0.588. The van der Waals surface area contributed by atoms with Gasteiger partial charge in [0, 0.05) is 12.4 Å². The Bertz CT molecular complexity index is 886. The number of fused-ring (bicyclic) bond motifs is 1. The van der Waals surface area contributed by atoms with Crippen molar-refractivity contribution in [2.45, 2.75) is 0 Å². The van der Waals surface area contributed by atoms with Crippen molar-refractivity contribution in [2.24, 2.45) is 0 Å². The zero-order valence-electron chi connectivity index (χ0n) is 12.8. The van der Waals surface area contributed by atoms with Gasteiger partial charge >= 0.3 is 0 Å². The minimum absolute atomic E-state index is 0.316. The molecule has 3 aromatic rings. The zero-order chi connectivity index (χ0) is 16.4. The summed E-state index contributed by atoms with van der Waals surface area (Å²) in [6.07, 6.45) is 0.659. The van der Waals surface area contributed by atoms with Gasteiger partial charge in [-0.25, -0.2) is 0 Å². The minimum atomic E-state index is -0.316. The van der Waals surface area contributed by atoms with E-state index >= 15 is 0 Å². The summed E-state index contributed by atoms with van der Waals surface area (Å²) in [6.45, 7) is 0. The van der Waals surface area contributed by atoms with Crippen LogP contribution >= 0.6 is 0 Å². The van der Waals surface area contributed by atoms with Crippen molar-refractivity contribution in [3.05, 3.63) is 54.1 Å². The van der Waals surface area contributed by atoms with Crippen molar-refractivity contribution in [3.8, 4) is 5.75 Å². The number of carbonyl (C=O) groups excluding carboxylic acids is 2. The van der Waals surface area contributed by atoms with E-state index in [1.54, 1.807) is 37.4 Å². The van der Waals surface area contributed by atoms with Gasteiger partial charge in [0.1, 0.15) is 5.75 Å². The standard InChI is InChI=1S/C17H15N3O3/c1-19(11-21)16-12-7-3-5-9-14(12)20(18-16)17(22)13-8-4-6-10-15(13)23-2/h3-11H,1-2H3. The Kier molecular flexibility index (Phi) is 3.80. The molecule has 0 atom stereocenters. The molecule has 0 unspecified atom stereocenters. The molecule has 23 heavy (non-hydrogen) atoms. The number of anilines is 1. The summed E-state index contributed by atoms with van der Waals surface area (Å²) in [5.41, 5.74) is 1.04. The molecule has 116 valence electrons. The van der Waals surface area contributed by atoms with E-state index in [0.717, 1.165) is 5.39 Å². The van der Waals surface area contributed by atoms with Crippen LogP contribution in [0, 0.1) is 0 Å². The Morgan fingerprint density at radius 3 is 2.61 bits per heavy atom. The van der Waals surface area contributed by atoms with Gasteiger partial charge < -0.3 is 9.64 Å². The molecule has 0 aliphatic heterocycles. The smallest absolute Gasteiger partial charge is 0.282 e. The highest BCUT2D eigenvalue weighted by molar-refractivity contribution is 6.06. The Morgan fingerprint density at radius 2 is 1.87 bits per heavy atom. The molecule has 0 aliphatic rings. The van der Waals surface area contributed by atoms with Crippen molar-refractivity contribution in [1.82, 2.24) is 9.78 Å². The van der Waals surface area contributed by atoms with Crippen LogP contribution in [0.25, 0.3) is 10.9 Å². The first kappa shape index (κ1) is 14.8. The number of methoxy groups -OCH3 is 1. The maximum absolute atomic E-state index is 12.9. The summed E-state index contributed by atoms with van der Waals surface area (Å²) >= 11 is 0. The SMILES string of the molecule is COc1ccccc1C(=O)n1nc(N(C)C=O)c2ccccc21. The third-order valence-electron chi connectivity index (χ3n) is 3.59. The highest BCUT2D eigenvalue weighted by atomic mass is 16.5. The molecule has 0 spiro atoms. The Hall–Kier alpha value is -3.15. The lowest BCUT2D eigenvalue weighted by atomic mass is 10.2. The molecule has 6 nitrogen and oxygen atoms in total. The lowest BCUT2D eigenvalue weighted by Crippen LogP contribution is -2.18. The zero-order valence-corrected chi connectivity index (χ0v) is 12.8. The molecular formula is C17H15N3O3. The molecule has 0 aliphatic carbocycles. The van der Waals surface area contributed by atoms with E-state index in [9.17, 15) is 9.59 Å². The molecule has 0 bridgehead atoms. The number of hydrogen-bond donors (Lipinski definition) is 0. The minimum Gasteiger partial charge on any atom is -0.496 e. The molecule has 0 N–H and O–H groups in total. The van der Waals surface area contributed by atoms with Gasteiger partial charge in [0.25, 0.3) is 5.91 Å². The molecule has 0 radical (unpaired) electrons. The molecule has 1 heterocycles. The number of nitrogens with zero attached hydrogens (tertiary/aromatic N) is 3. The van der Waals surface area contributed by atoms with E-state index in [0.29, 0.717) is 29.1 Å². The summed E-state index contributed by atoms with van der Waals surface area (Å²) in [7, 11) is 3.11. The molecule has 0 fully saturated rings. The molecule has 0 saturated heterocycles. The van der Waals surface area contributed by atoms with Gasteiger partial charge in [-0.2, -0.15) is 4.68 Å². The van der Waals surface area contributed by atoms with Gasteiger partial charge in [-0.05, 0) is 24.3 Å². The fourth-order valence-corrected chi connectivity index (χ4v) is 2.45. The lowest BCUT2D eigenvalue weighted by Gasteiger charge is -2.08. The summed E-state index contributed by atoms with van der Waals surface area (Å²) in [5, 5.41) is 5.05. The normalized spacial score (nSPS) is 10.5. The van der Waals surface area contributed by atoms with Gasteiger partial charge in [0.2, 0.25) is 6.41 Å². The van der Waals surface area contributed by atoms with E-state index < -0.39 is 0 Å². The van der Waals surface area contributed by atoms with Gasteiger partial charge in [0.05, 0.1) is 18.2 Å². The Morgan fingerprint density at radius 1 is 1.17 bits per heavy atom. The maximum atomic E-state index is 12.9. The number of aromatic nitrogens is 2. The van der Waals surface area contributed by atoms with Crippen LogP contribution in [0.2, 0.25) is 0 Å². The molecule has 3 rings (SSSR count). The number of amides is 1. The highest BCUT2D eigenvalue weighted by Gasteiger charge is 2.20. The second kappa shape index (κ2) is 5.92. The first-order valence-corrected chi connectivity index (χ1v) is 7.01. The van der Waals surface area contributed by atoms with Crippen molar-refractivity contribution in [1.29, 1.82) is 0 Å². The van der Waals surface area contributed by atoms with Crippen molar-refractivity contribution in [3.63, 3.8) is 0 Å². The number of rotatable bonds is 4. The number of para-hydroxylation sites is 2. The van der Waals surface area contributed by atoms with Crippen LogP contribution in [0.4, 0.5) is 5.82 Å². The number of ether oxygens (including phenoxy) is 1. The van der Waals surface area contributed by atoms with Crippen LogP contribution in [0.1, 0.15) is 10.4 Å². The number of hydrogen-bond acceptors (Lipinski definition) is 4. The molecule has 6 heteroatoms. The molecule has 1 aromatic heterocycles. The summed E-state index contributed by atoms with van der Waals surface area (Å²) in [6, 6.07) is 14.2. The van der Waals surface area contributed by atoms with Crippen LogP contribution in [0.15, 0.2) is 48.5 Å². The van der Waals surface area contributed by atoms with E-state index in [-0.39, 0.29) is 5.91 Å². The van der Waals surface area contributed by atoms with Crippen LogP contribution in [0.5, 0.6) is 5.75 Å². The van der Waals surface area contributed by atoms with Crippen molar-refractivity contribution in [2.75, 3.05) is 19.1 Å². The highest BCUT2D eigenvalue weighted by Crippen LogP contribution is 2.27. The first-order valence-electron chi connectivity index (χ1n) is 7.01. The van der Waals surface area contributed by atoms with E-state index in [2.05, 4.69) is 5.10 Å². The summed E-state index contributed by atoms with van der Waals surface area (Å²) in [4.78, 5) is 25.3. The molecule has 2 aromatic carbocycles. The van der Waals surface area contributed by atoms with E-state index in [1.165, 1.54) is 16.7 Å². The van der Waals surface area contributed by atoms with Gasteiger partial charge in [-0.1, -0.05) is 24.3 Å². The van der Waals surface area contributed by atoms with Gasteiger partial charge in [-0.15, -0.1) is 5.10 Å². The maximum Gasteiger partial charge on any atom is 0.282 e. The fourth-order valence-electron chi connectivity index (χ4n) is 2.45. The second-order valence-corrected chi connectivity index (χ2v) is 4.97. The number of benzene rings is 2. The topological polar surface area (TPSA) is 64.4 Å². The average Bonchev–Trinajstić information content (AvgIpc) is 3.00. The van der Waals surface area contributed by atoms with Gasteiger partial charge in [0.15, 0.2) is 5.82 Å². The first-order chi connectivity index (χ1) is 11.2. The van der Waals surface area contributed by atoms with Crippen LogP contribution in [0.3, 0.4) is 0 Å². The van der Waals surface area contributed by atoms with Crippen LogP contribution in [-0.4, -0.2) is 36.3 Å². The second-order valence-electron chi connectivity index (χ2n) is 4.97. The average molecular weight is 309 g/mol. The third-order valence-corrected chi connectivity index (χ3v) is 3.59. The fraction of sp³-hybridized carbons (Fsp3) is 0.118. The van der Waals surface area contributed by atoms with Crippen LogP contribution in [-0.2, 0) is 4.79 Å². The van der Waals surface area contributed by atoms with Crippen molar-refractivity contribution < 1.29 is 14.3 Å². The molecule has 1 amide bonds.